The predicted octanol–water partition coefficient (Wildman–Crippen LogP) is 0.707. The van der Waals surface area contributed by atoms with Gasteiger partial charge in [-0.3, -0.25) is 0 Å². The standard InChI is InChI=1S/C10H12BrN3O2/c11-7-2-1-3-13-9(7)14-5-4-12-6-8(14)10(15)16/h1-3,8,12H,4-6H2,(H,15,16). The van der Waals surface area contributed by atoms with E-state index in [1.54, 1.807) is 6.20 Å². The predicted molar refractivity (Wildman–Crippen MR) is 63.6 cm³/mol. The summed E-state index contributed by atoms with van der Waals surface area (Å²) in [7, 11) is 0. The molecule has 2 N–H and O–H groups in total. The van der Waals surface area contributed by atoms with E-state index >= 15 is 0 Å². The molecule has 0 amide bonds. The second-order valence-corrected chi connectivity index (χ2v) is 4.41. The normalized spacial score (nSPS) is 20.8. The van der Waals surface area contributed by atoms with Crippen LogP contribution in [0, 0.1) is 0 Å². The Hall–Kier alpha value is -1.14. The third kappa shape index (κ3) is 2.17. The number of carbonyl (C=O) groups is 1. The number of carboxylic acids is 1. The first-order valence-corrected chi connectivity index (χ1v) is 5.80. The summed E-state index contributed by atoms with van der Waals surface area (Å²) in [6.45, 7) is 1.86. The van der Waals surface area contributed by atoms with E-state index in [2.05, 4.69) is 26.2 Å². The van der Waals surface area contributed by atoms with Crippen molar-refractivity contribution in [2.75, 3.05) is 24.5 Å². The van der Waals surface area contributed by atoms with Crippen LogP contribution in [0.1, 0.15) is 0 Å². The Morgan fingerprint density at radius 2 is 2.50 bits per heavy atom. The average Bonchev–Trinajstić information content (AvgIpc) is 2.29. The van der Waals surface area contributed by atoms with Gasteiger partial charge in [-0.25, -0.2) is 9.78 Å². The third-order valence-corrected chi connectivity index (χ3v) is 3.16. The van der Waals surface area contributed by atoms with Crippen molar-refractivity contribution in [3.8, 4) is 0 Å². The fourth-order valence-electron chi connectivity index (χ4n) is 1.77. The number of piperazine rings is 1. The number of carboxylic acid groups (broad SMARTS) is 1. The highest BCUT2D eigenvalue weighted by atomic mass is 79.9. The second-order valence-electron chi connectivity index (χ2n) is 3.56. The van der Waals surface area contributed by atoms with Crippen LogP contribution in [0.15, 0.2) is 22.8 Å². The molecule has 1 saturated heterocycles. The number of halogens is 1. The first kappa shape index (κ1) is 11.3. The fraction of sp³-hybridized carbons (Fsp3) is 0.400. The number of aromatic nitrogens is 1. The molecule has 1 aromatic rings. The molecule has 0 radical (unpaired) electrons. The lowest BCUT2D eigenvalue weighted by atomic mass is 10.2. The molecule has 1 fully saturated rings. The van der Waals surface area contributed by atoms with Crippen LogP contribution in [-0.2, 0) is 4.79 Å². The molecule has 16 heavy (non-hydrogen) atoms. The van der Waals surface area contributed by atoms with Crippen LogP contribution in [0.25, 0.3) is 0 Å². The molecule has 1 atom stereocenters. The maximum atomic E-state index is 11.1. The van der Waals surface area contributed by atoms with E-state index in [4.69, 9.17) is 5.11 Å². The van der Waals surface area contributed by atoms with Crippen LogP contribution in [0.3, 0.4) is 0 Å². The van der Waals surface area contributed by atoms with E-state index < -0.39 is 12.0 Å². The van der Waals surface area contributed by atoms with Gasteiger partial charge in [0.05, 0.1) is 4.47 Å². The van der Waals surface area contributed by atoms with Crippen LogP contribution in [0.2, 0.25) is 0 Å². The summed E-state index contributed by atoms with van der Waals surface area (Å²) in [6, 6.07) is 3.12. The van der Waals surface area contributed by atoms with Crippen molar-refractivity contribution in [1.82, 2.24) is 10.3 Å². The van der Waals surface area contributed by atoms with Gasteiger partial charge in [0.1, 0.15) is 11.9 Å². The van der Waals surface area contributed by atoms with Crippen molar-refractivity contribution in [2.24, 2.45) is 0 Å². The lowest BCUT2D eigenvalue weighted by Crippen LogP contribution is -2.55. The van der Waals surface area contributed by atoms with Gasteiger partial charge in [0.15, 0.2) is 0 Å². The minimum absolute atomic E-state index is 0.443. The summed E-state index contributed by atoms with van der Waals surface area (Å²) in [5, 5.41) is 12.2. The minimum atomic E-state index is -0.829. The summed E-state index contributed by atoms with van der Waals surface area (Å²) in [6.07, 6.45) is 1.67. The fourth-order valence-corrected chi connectivity index (χ4v) is 2.25. The Labute approximate surface area is 102 Å². The zero-order chi connectivity index (χ0) is 11.5. The van der Waals surface area contributed by atoms with E-state index in [1.807, 2.05) is 17.0 Å². The summed E-state index contributed by atoms with van der Waals surface area (Å²) >= 11 is 3.39. The second kappa shape index (κ2) is 4.80. The topological polar surface area (TPSA) is 65.5 Å². The van der Waals surface area contributed by atoms with Crippen LogP contribution in [0.5, 0.6) is 0 Å². The first-order chi connectivity index (χ1) is 7.70. The van der Waals surface area contributed by atoms with E-state index in [0.717, 1.165) is 11.0 Å². The van der Waals surface area contributed by atoms with Gasteiger partial charge in [-0.2, -0.15) is 0 Å². The van der Waals surface area contributed by atoms with E-state index in [9.17, 15) is 4.79 Å². The molecule has 0 aliphatic carbocycles. The maximum Gasteiger partial charge on any atom is 0.327 e. The molecule has 2 rings (SSSR count). The Morgan fingerprint density at radius 3 is 3.19 bits per heavy atom. The van der Waals surface area contributed by atoms with Crippen LogP contribution < -0.4 is 10.2 Å². The van der Waals surface area contributed by atoms with Crippen molar-refractivity contribution in [3.63, 3.8) is 0 Å². The van der Waals surface area contributed by atoms with Crippen molar-refractivity contribution >= 4 is 27.7 Å². The average molecular weight is 286 g/mol. The largest absolute Gasteiger partial charge is 0.480 e. The van der Waals surface area contributed by atoms with Gasteiger partial charge in [0.25, 0.3) is 0 Å². The number of nitrogens with zero attached hydrogens (tertiary/aromatic N) is 2. The zero-order valence-electron chi connectivity index (χ0n) is 8.56. The third-order valence-electron chi connectivity index (χ3n) is 2.54. The lowest BCUT2D eigenvalue weighted by Gasteiger charge is -2.34. The summed E-state index contributed by atoms with van der Waals surface area (Å²) in [5.74, 6) is -0.138. The highest BCUT2D eigenvalue weighted by molar-refractivity contribution is 9.10. The Morgan fingerprint density at radius 1 is 1.69 bits per heavy atom. The highest BCUT2D eigenvalue weighted by Crippen LogP contribution is 2.25. The SMILES string of the molecule is O=C(O)C1CNCCN1c1ncccc1Br. The van der Waals surface area contributed by atoms with Gasteiger partial charge in [-0.05, 0) is 28.1 Å². The van der Waals surface area contributed by atoms with Crippen LogP contribution in [-0.4, -0.2) is 41.7 Å². The van der Waals surface area contributed by atoms with Gasteiger partial charge in [-0.15, -0.1) is 0 Å². The number of hydrogen-bond donors (Lipinski definition) is 2. The van der Waals surface area contributed by atoms with Crippen molar-refractivity contribution in [2.45, 2.75) is 6.04 Å². The van der Waals surface area contributed by atoms with Gasteiger partial charge in [-0.1, -0.05) is 0 Å². The van der Waals surface area contributed by atoms with E-state index in [0.29, 0.717) is 18.9 Å². The quantitative estimate of drug-likeness (QED) is 0.838. The van der Waals surface area contributed by atoms with E-state index in [1.165, 1.54) is 0 Å². The molecule has 1 aromatic heterocycles. The number of aliphatic carboxylic acids is 1. The van der Waals surface area contributed by atoms with Gasteiger partial charge < -0.3 is 15.3 Å². The summed E-state index contributed by atoms with van der Waals surface area (Å²) < 4.78 is 0.822. The molecule has 6 heteroatoms. The van der Waals surface area contributed by atoms with Crippen LogP contribution in [0.4, 0.5) is 5.82 Å². The Balaban J connectivity index is 2.30. The Kier molecular flexibility index (Phi) is 3.40. The maximum absolute atomic E-state index is 11.1. The van der Waals surface area contributed by atoms with Crippen molar-refractivity contribution < 1.29 is 9.90 Å². The van der Waals surface area contributed by atoms with Crippen molar-refractivity contribution in [1.29, 1.82) is 0 Å². The molecular formula is C10H12BrN3O2. The number of hydrogen-bond acceptors (Lipinski definition) is 4. The summed E-state index contributed by atoms with van der Waals surface area (Å²) in [5.41, 5.74) is 0. The minimum Gasteiger partial charge on any atom is -0.480 e. The smallest absolute Gasteiger partial charge is 0.327 e. The van der Waals surface area contributed by atoms with Gasteiger partial charge >= 0.3 is 5.97 Å². The molecule has 1 unspecified atom stereocenters. The molecule has 1 aliphatic heterocycles. The van der Waals surface area contributed by atoms with E-state index in [-0.39, 0.29) is 0 Å². The molecular weight excluding hydrogens is 274 g/mol. The number of nitrogens with one attached hydrogen (secondary N) is 1. The number of rotatable bonds is 2. The summed E-state index contributed by atoms with van der Waals surface area (Å²) in [4.78, 5) is 17.2. The molecule has 0 saturated carbocycles. The first-order valence-electron chi connectivity index (χ1n) is 5.01. The molecule has 2 heterocycles. The van der Waals surface area contributed by atoms with Gasteiger partial charge in [0, 0.05) is 25.8 Å². The molecule has 1 aliphatic rings. The Bertz CT molecular complexity index is 399. The molecule has 0 spiro atoms. The monoisotopic (exact) mass is 285 g/mol. The van der Waals surface area contributed by atoms with Crippen molar-refractivity contribution in [3.05, 3.63) is 22.8 Å². The highest BCUT2D eigenvalue weighted by Gasteiger charge is 2.30. The molecule has 86 valence electrons. The van der Waals surface area contributed by atoms with Gasteiger partial charge in [0.2, 0.25) is 0 Å². The molecule has 0 bridgehead atoms. The number of anilines is 1. The molecule has 0 aromatic carbocycles. The number of pyridine rings is 1. The zero-order valence-corrected chi connectivity index (χ0v) is 10.1. The lowest BCUT2D eigenvalue weighted by molar-refractivity contribution is -0.138. The van der Waals surface area contributed by atoms with Crippen LogP contribution >= 0.6 is 15.9 Å². The molecule has 5 nitrogen and oxygen atoms in total.